The Bertz CT molecular complexity index is 669. The first-order valence-electron chi connectivity index (χ1n) is 7.53. The molecule has 2 N–H and O–H groups in total. The van der Waals surface area contributed by atoms with E-state index in [1.807, 2.05) is 37.3 Å². The zero-order valence-corrected chi connectivity index (χ0v) is 14.0. The summed E-state index contributed by atoms with van der Waals surface area (Å²) in [5.74, 6) is -1.60. The van der Waals surface area contributed by atoms with Gasteiger partial charge >= 0.3 is 5.97 Å². The number of thiazole rings is 1. The third-order valence-corrected chi connectivity index (χ3v) is 4.60. The van der Waals surface area contributed by atoms with Gasteiger partial charge in [-0.25, -0.2) is 9.78 Å². The minimum absolute atomic E-state index is 0.140. The first-order valence-corrected chi connectivity index (χ1v) is 8.41. The fourth-order valence-corrected chi connectivity index (χ4v) is 2.97. The fraction of sp³-hybridized carbons (Fsp3) is 0.353. The molecular weight excluding hydrogens is 312 g/mol. The lowest BCUT2D eigenvalue weighted by Gasteiger charge is -2.19. The van der Waals surface area contributed by atoms with Gasteiger partial charge in [-0.3, -0.25) is 4.79 Å². The summed E-state index contributed by atoms with van der Waals surface area (Å²) >= 11 is 1.40. The molecule has 0 unspecified atom stereocenters. The van der Waals surface area contributed by atoms with Gasteiger partial charge in [-0.1, -0.05) is 50.6 Å². The normalized spacial score (nSPS) is 13.3. The summed E-state index contributed by atoms with van der Waals surface area (Å²) in [6.07, 6.45) is 1.33. The monoisotopic (exact) mass is 332 g/mol. The van der Waals surface area contributed by atoms with Crippen LogP contribution in [0.1, 0.15) is 41.3 Å². The molecule has 0 spiro atoms. The van der Waals surface area contributed by atoms with Crippen molar-refractivity contribution in [3.05, 3.63) is 52.0 Å². The summed E-state index contributed by atoms with van der Waals surface area (Å²) in [5.41, 5.74) is 1.40. The largest absolute Gasteiger partial charge is 0.480 e. The van der Waals surface area contributed by atoms with Gasteiger partial charge in [-0.05, 0) is 11.5 Å². The zero-order chi connectivity index (χ0) is 16.8. The molecule has 1 amide bonds. The van der Waals surface area contributed by atoms with Crippen LogP contribution in [0.25, 0.3) is 0 Å². The van der Waals surface area contributed by atoms with Crippen LogP contribution in [0.15, 0.2) is 35.7 Å². The summed E-state index contributed by atoms with van der Waals surface area (Å²) < 4.78 is 0. The number of carboxylic acids is 1. The third kappa shape index (κ3) is 4.63. The maximum absolute atomic E-state index is 12.2. The molecule has 6 heteroatoms. The van der Waals surface area contributed by atoms with Crippen LogP contribution in [-0.4, -0.2) is 28.0 Å². The minimum atomic E-state index is -1.02. The summed E-state index contributed by atoms with van der Waals surface area (Å²) in [5, 5.41) is 14.3. The number of nitrogens with one attached hydrogen (secondary N) is 1. The molecule has 122 valence electrons. The zero-order valence-electron chi connectivity index (χ0n) is 13.2. The Hall–Kier alpha value is -2.21. The molecule has 0 radical (unpaired) electrons. The van der Waals surface area contributed by atoms with Gasteiger partial charge in [0.15, 0.2) is 0 Å². The Balaban J connectivity index is 2.04. The molecule has 0 saturated heterocycles. The number of carboxylic acid groups (broad SMARTS) is 1. The van der Waals surface area contributed by atoms with E-state index < -0.39 is 17.9 Å². The lowest BCUT2D eigenvalue weighted by Crippen LogP contribution is -2.45. The number of hydrogen-bond donors (Lipinski definition) is 2. The molecule has 0 bridgehead atoms. The number of rotatable bonds is 7. The summed E-state index contributed by atoms with van der Waals surface area (Å²) in [6, 6.07) is 8.98. The molecule has 2 atom stereocenters. The number of amides is 1. The van der Waals surface area contributed by atoms with Crippen molar-refractivity contribution in [3.8, 4) is 0 Å². The quantitative estimate of drug-likeness (QED) is 0.817. The second-order valence-electron chi connectivity index (χ2n) is 5.46. The summed E-state index contributed by atoms with van der Waals surface area (Å²) in [7, 11) is 0. The Morgan fingerprint density at radius 3 is 2.61 bits per heavy atom. The van der Waals surface area contributed by atoms with Gasteiger partial charge < -0.3 is 10.4 Å². The van der Waals surface area contributed by atoms with Crippen LogP contribution in [0.5, 0.6) is 0 Å². The van der Waals surface area contributed by atoms with Crippen LogP contribution in [0.4, 0.5) is 0 Å². The van der Waals surface area contributed by atoms with Crippen LogP contribution in [0, 0.1) is 5.92 Å². The van der Waals surface area contributed by atoms with Crippen molar-refractivity contribution in [2.45, 2.75) is 32.7 Å². The molecule has 23 heavy (non-hydrogen) atoms. The summed E-state index contributed by atoms with van der Waals surface area (Å²) in [4.78, 5) is 27.8. The topological polar surface area (TPSA) is 79.3 Å². The van der Waals surface area contributed by atoms with Gasteiger partial charge in [-0.2, -0.15) is 0 Å². The van der Waals surface area contributed by atoms with E-state index in [1.165, 1.54) is 11.3 Å². The highest BCUT2D eigenvalue weighted by molar-refractivity contribution is 7.09. The van der Waals surface area contributed by atoms with E-state index in [4.69, 9.17) is 0 Å². The lowest BCUT2D eigenvalue weighted by atomic mass is 9.99. The Labute approximate surface area is 139 Å². The van der Waals surface area contributed by atoms with Crippen molar-refractivity contribution < 1.29 is 14.7 Å². The number of carbonyl (C=O) groups excluding carboxylic acids is 1. The van der Waals surface area contributed by atoms with Crippen molar-refractivity contribution in [1.82, 2.24) is 10.3 Å². The molecular formula is C17H20N2O3S. The van der Waals surface area contributed by atoms with E-state index >= 15 is 0 Å². The van der Waals surface area contributed by atoms with E-state index in [0.717, 1.165) is 10.6 Å². The molecule has 2 rings (SSSR count). The first kappa shape index (κ1) is 17.1. The van der Waals surface area contributed by atoms with Crippen molar-refractivity contribution in [1.29, 1.82) is 0 Å². The average molecular weight is 332 g/mol. The molecule has 1 heterocycles. The van der Waals surface area contributed by atoms with Gasteiger partial charge in [0.2, 0.25) is 0 Å². The second-order valence-corrected chi connectivity index (χ2v) is 6.41. The van der Waals surface area contributed by atoms with Crippen molar-refractivity contribution >= 4 is 23.2 Å². The fourth-order valence-electron chi connectivity index (χ4n) is 2.17. The predicted octanol–water partition coefficient (Wildman–Crippen LogP) is 2.96. The Morgan fingerprint density at radius 1 is 1.30 bits per heavy atom. The highest BCUT2D eigenvalue weighted by Crippen LogP contribution is 2.16. The highest BCUT2D eigenvalue weighted by atomic mass is 32.1. The number of aliphatic carboxylic acids is 1. The number of benzene rings is 1. The van der Waals surface area contributed by atoms with Gasteiger partial charge in [0.05, 0.1) is 5.01 Å². The number of aromatic nitrogens is 1. The van der Waals surface area contributed by atoms with Crippen molar-refractivity contribution in [2.75, 3.05) is 0 Å². The number of hydrogen-bond acceptors (Lipinski definition) is 4. The molecule has 0 aliphatic carbocycles. The van der Waals surface area contributed by atoms with E-state index in [0.29, 0.717) is 12.8 Å². The van der Waals surface area contributed by atoms with Crippen LogP contribution in [-0.2, 0) is 11.2 Å². The maximum Gasteiger partial charge on any atom is 0.326 e. The van der Waals surface area contributed by atoms with Crippen LogP contribution in [0.2, 0.25) is 0 Å². The van der Waals surface area contributed by atoms with Crippen LogP contribution < -0.4 is 5.32 Å². The van der Waals surface area contributed by atoms with Gasteiger partial charge in [0.1, 0.15) is 11.7 Å². The molecule has 0 saturated carbocycles. The minimum Gasteiger partial charge on any atom is -0.480 e. The van der Waals surface area contributed by atoms with Gasteiger partial charge in [-0.15, -0.1) is 11.3 Å². The molecule has 0 aliphatic rings. The lowest BCUT2D eigenvalue weighted by molar-refractivity contribution is -0.140. The molecule has 1 aromatic carbocycles. The van der Waals surface area contributed by atoms with Crippen LogP contribution >= 0.6 is 11.3 Å². The molecule has 1 aromatic heterocycles. The van der Waals surface area contributed by atoms with Gasteiger partial charge in [0.25, 0.3) is 5.91 Å². The third-order valence-electron chi connectivity index (χ3n) is 3.75. The SMILES string of the molecule is CC[C@H](C)[C@H](NC(=O)c1csc(Cc2ccccc2)n1)C(=O)O. The van der Waals surface area contributed by atoms with E-state index in [1.54, 1.807) is 12.3 Å². The predicted molar refractivity (Wildman–Crippen MR) is 89.7 cm³/mol. The Morgan fingerprint density at radius 2 is 2.00 bits per heavy atom. The Kier molecular flexibility index (Phi) is 5.87. The molecule has 0 fully saturated rings. The van der Waals surface area contributed by atoms with Crippen LogP contribution in [0.3, 0.4) is 0 Å². The second kappa shape index (κ2) is 7.87. The standard InChI is InChI=1S/C17H20N2O3S/c1-3-11(2)15(17(21)22)19-16(20)13-10-23-14(18-13)9-12-7-5-4-6-8-12/h4-8,10-11,15H,3,9H2,1-2H3,(H,19,20)(H,21,22)/t11-,15-/m0/s1. The molecule has 0 aliphatic heterocycles. The van der Waals surface area contributed by atoms with E-state index in [2.05, 4.69) is 10.3 Å². The average Bonchev–Trinajstić information content (AvgIpc) is 3.01. The summed E-state index contributed by atoms with van der Waals surface area (Å²) in [6.45, 7) is 3.70. The first-order chi connectivity index (χ1) is 11.0. The molecule has 2 aromatic rings. The van der Waals surface area contributed by atoms with Crippen molar-refractivity contribution in [3.63, 3.8) is 0 Å². The van der Waals surface area contributed by atoms with Gasteiger partial charge in [0, 0.05) is 11.8 Å². The highest BCUT2D eigenvalue weighted by Gasteiger charge is 2.26. The number of nitrogens with zero attached hydrogens (tertiary/aromatic N) is 1. The van der Waals surface area contributed by atoms with Crippen molar-refractivity contribution in [2.24, 2.45) is 5.92 Å². The van der Waals surface area contributed by atoms with E-state index in [9.17, 15) is 14.7 Å². The number of carbonyl (C=O) groups is 2. The molecule has 5 nitrogen and oxygen atoms in total. The van der Waals surface area contributed by atoms with E-state index in [-0.39, 0.29) is 11.6 Å². The maximum atomic E-state index is 12.2. The smallest absolute Gasteiger partial charge is 0.326 e.